The maximum atomic E-state index is 12.4. The Morgan fingerprint density at radius 3 is 2.70 bits per heavy atom. The number of carbonyl (C=O) groups is 1. The van der Waals surface area contributed by atoms with Crippen molar-refractivity contribution in [2.24, 2.45) is 0 Å². The third-order valence-corrected chi connectivity index (χ3v) is 4.66. The average Bonchev–Trinajstić information content (AvgIpc) is 3.18. The molecule has 1 aromatic heterocycles. The number of anilines is 1. The van der Waals surface area contributed by atoms with E-state index in [1.54, 1.807) is 30.6 Å². The fraction of sp³-hybridized carbons (Fsp3) is 0.368. The van der Waals surface area contributed by atoms with Gasteiger partial charge in [0, 0.05) is 43.8 Å². The average molecular weight is 370 g/mol. The zero-order chi connectivity index (χ0) is 18.5. The van der Waals surface area contributed by atoms with Crippen molar-refractivity contribution in [3.63, 3.8) is 0 Å². The van der Waals surface area contributed by atoms with E-state index in [0.717, 1.165) is 18.7 Å². The van der Waals surface area contributed by atoms with Crippen LogP contribution in [0.2, 0.25) is 0 Å². The van der Waals surface area contributed by atoms with Gasteiger partial charge in [-0.15, -0.1) is 0 Å². The van der Waals surface area contributed by atoms with Gasteiger partial charge in [0.1, 0.15) is 0 Å². The molecule has 1 atom stereocenters. The molecule has 4 rings (SSSR count). The Balaban J connectivity index is 1.38. The Bertz CT molecular complexity index is 781. The minimum Gasteiger partial charge on any atom is -0.454 e. The van der Waals surface area contributed by atoms with Crippen LogP contribution in [-0.4, -0.2) is 55.6 Å². The molecule has 2 aliphatic rings. The van der Waals surface area contributed by atoms with Gasteiger partial charge in [0.05, 0.1) is 19.3 Å². The molecule has 0 aliphatic carbocycles. The van der Waals surface area contributed by atoms with E-state index in [0.29, 0.717) is 36.9 Å². The second kappa shape index (κ2) is 8.24. The molecule has 0 saturated carbocycles. The Morgan fingerprint density at radius 1 is 1.11 bits per heavy atom. The predicted molar refractivity (Wildman–Crippen MR) is 99.0 cm³/mol. The number of ether oxygens (including phenoxy) is 3. The van der Waals surface area contributed by atoms with Crippen LogP contribution in [0.4, 0.5) is 10.5 Å². The molecule has 142 valence electrons. The van der Waals surface area contributed by atoms with Gasteiger partial charge in [0.2, 0.25) is 6.79 Å². The Labute approximate surface area is 157 Å². The zero-order valence-electron chi connectivity index (χ0n) is 14.9. The van der Waals surface area contributed by atoms with Crippen molar-refractivity contribution < 1.29 is 19.0 Å². The van der Waals surface area contributed by atoms with Crippen LogP contribution in [0.15, 0.2) is 42.7 Å². The number of pyridine rings is 1. The molecule has 2 aliphatic heterocycles. The van der Waals surface area contributed by atoms with Crippen molar-refractivity contribution in [3.05, 3.63) is 48.3 Å². The summed E-state index contributed by atoms with van der Waals surface area (Å²) in [6.45, 7) is 3.76. The van der Waals surface area contributed by atoms with E-state index in [1.807, 2.05) is 12.1 Å². The van der Waals surface area contributed by atoms with E-state index in [4.69, 9.17) is 14.2 Å². The highest BCUT2D eigenvalue weighted by molar-refractivity contribution is 5.89. The lowest BCUT2D eigenvalue weighted by Crippen LogP contribution is -2.44. The summed E-state index contributed by atoms with van der Waals surface area (Å²) in [6, 6.07) is 9.10. The normalized spacial score (nSPS) is 17.3. The van der Waals surface area contributed by atoms with Gasteiger partial charge < -0.3 is 24.8 Å². The Kier molecular flexibility index (Phi) is 5.36. The molecular formula is C19H22N4O4. The molecule has 1 aromatic carbocycles. The molecule has 1 saturated heterocycles. The van der Waals surface area contributed by atoms with Crippen LogP contribution in [0.3, 0.4) is 0 Å². The van der Waals surface area contributed by atoms with Crippen molar-refractivity contribution in [3.8, 4) is 11.5 Å². The van der Waals surface area contributed by atoms with Crippen LogP contribution < -0.4 is 20.1 Å². The maximum Gasteiger partial charge on any atom is 0.319 e. The highest BCUT2D eigenvalue weighted by Crippen LogP contribution is 2.34. The largest absolute Gasteiger partial charge is 0.454 e. The van der Waals surface area contributed by atoms with Gasteiger partial charge in [0.25, 0.3) is 0 Å². The van der Waals surface area contributed by atoms with Gasteiger partial charge in [-0.3, -0.25) is 9.88 Å². The predicted octanol–water partition coefficient (Wildman–Crippen LogP) is 2.01. The van der Waals surface area contributed by atoms with Crippen molar-refractivity contribution in [1.82, 2.24) is 15.2 Å². The first-order valence-corrected chi connectivity index (χ1v) is 8.96. The van der Waals surface area contributed by atoms with Gasteiger partial charge in [-0.25, -0.2) is 4.79 Å². The number of morpholine rings is 1. The van der Waals surface area contributed by atoms with Crippen LogP contribution >= 0.6 is 0 Å². The van der Waals surface area contributed by atoms with Crippen molar-refractivity contribution in [2.45, 2.75) is 6.04 Å². The number of nitrogens with zero attached hydrogens (tertiary/aromatic N) is 2. The minimum atomic E-state index is -0.263. The lowest BCUT2D eigenvalue weighted by atomic mass is 10.1. The van der Waals surface area contributed by atoms with Gasteiger partial charge in [0.15, 0.2) is 11.5 Å². The highest BCUT2D eigenvalue weighted by Gasteiger charge is 2.23. The number of amides is 2. The van der Waals surface area contributed by atoms with Crippen LogP contribution in [0, 0.1) is 0 Å². The molecule has 2 aromatic rings. The number of fused-ring (bicyclic) bond motifs is 1. The fourth-order valence-corrected chi connectivity index (χ4v) is 3.27. The fourth-order valence-electron chi connectivity index (χ4n) is 3.27. The number of nitrogens with one attached hydrogen (secondary N) is 2. The first-order chi connectivity index (χ1) is 13.3. The topological polar surface area (TPSA) is 85.0 Å². The van der Waals surface area contributed by atoms with E-state index in [1.165, 1.54) is 0 Å². The standard InChI is InChI=1S/C19H22N4O4/c24-19(22-15-1-2-17-18(11-15)27-13-26-17)21-12-16(14-3-5-20-6-4-14)23-7-9-25-10-8-23/h1-6,11,16H,7-10,12-13H2,(H2,21,22,24)/t16-/m1/s1. The molecule has 2 amide bonds. The van der Waals surface area contributed by atoms with Crippen molar-refractivity contribution >= 4 is 11.7 Å². The molecule has 1 fully saturated rings. The summed E-state index contributed by atoms with van der Waals surface area (Å²) in [5.74, 6) is 1.32. The first-order valence-electron chi connectivity index (χ1n) is 8.96. The summed E-state index contributed by atoms with van der Waals surface area (Å²) < 4.78 is 16.1. The summed E-state index contributed by atoms with van der Waals surface area (Å²) in [4.78, 5) is 18.8. The molecule has 3 heterocycles. The van der Waals surface area contributed by atoms with E-state index in [9.17, 15) is 4.79 Å². The quantitative estimate of drug-likeness (QED) is 0.838. The number of urea groups is 1. The van der Waals surface area contributed by atoms with E-state index < -0.39 is 0 Å². The first kappa shape index (κ1) is 17.6. The molecule has 8 nitrogen and oxygen atoms in total. The summed E-state index contributed by atoms with van der Waals surface area (Å²) in [7, 11) is 0. The maximum absolute atomic E-state index is 12.4. The third-order valence-electron chi connectivity index (χ3n) is 4.66. The summed E-state index contributed by atoms with van der Waals surface area (Å²) in [5.41, 5.74) is 1.78. The van der Waals surface area contributed by atoms with Gasteiger partial charge in [-0.1, -0.05) is 0 Å². The number of benzene rings is 1. The summed E-state index contributed by atoms with van der Waals surface area (Å²) in [6.07, 6.45) is 3.55. The number of rotatable bonds is 5. The summed E-state index contributed by atoms with van der Waals surface area (Å²) in [5, 5.41) is 5.81. The monoisotopic (exact) mass is 370 g/mol. The molecule has 2 N–H and O–H groups in total. The molecule has 0 radical (unpaired) electrons. The Hall–Kier alpha value is -2.84. The molecule has 0 bridgehead atoms. The van der Waals surface area contributed by atoms with E-state index in [2.05, 4.69) is 20.5 Å². The summed E-state index contributed by atoms with van der Waals surface area (Å²) >= 11 is 0. The minimum absolute atomic E-state index is 0.0689. The van der Waals surface area contributed by atoms with Crippen LogP contribution in [0.1, 0.15) is 11.6 Å². The smallest absolute Gasteiger partial charge is 0.319 e. The molecule has 0 spiro atoms. The zero-order valence-corrected chi connectivity index (χ0v) is 14.9. The second-order valence-corrected chi connectivity index (χ2v) is 6.35. The van der Waals surface area contributed by atoms with Crippen molar-refractivity contribution in [1.29, 1.82) is 0 Å². The van der Waals surface area contributed by atoms with Crippen LogP contribution in [0.25, 0.3) is 0 Å². The molecule has 0 unspecified atom stereocenters. The van der Waals surface area contributed by atoms with Crippen LogP contribution in [0.5, 0.6) is 11.5 Å². The number of aromatic nitrogens is 1. The van der Waals surface area contributed by atoms with Crippen LogP contribution in [-0.2, 0) is 4.74 Å². The van der Waals surface area contributed by atoms with E-state index >= 15 is 0 Å². The molecular weight excluding hydrogens is 348 g/mol. The van der Waals surface area contributed by atoms with Gasteiger partial charge >= 0.3 is 6.03 Å². The third kappa shape index (κ3) is 4.29. The van der Waals surface area contributed by atoms with Gasteiger partial charge in [-0.05, 0) is 29.8 Å². The number of carbonyl (C=O) groups excluding carboxylic acids is 1. The molecule has 8 heteroatoms. The highest BCUT2D eigenvalue weighted by atomic mass is 16.7. The van der Waals surface area contributed by atoms with E-state index in [-0.39, 0.29) is 18.9 Å². The lowest BCUT2D eigenvalue weighted by molar-refractivity contribution is 0.0167. The SMILES string of the molecule is O=C(NC[C@H](c1ccncc1)N1CCOCC1)Nc1ccc2c(c1)OCO2. The Morgan fingerprint density at radius 2 is 1.89 bits per heavy atom. The molecule has 27 heavy (non-hydrogen) atoms. The lowest BCUT2D eigenvalue weighted by Gasteiger charge is -2.34. The number of hydrogen-bond donors (Lipinski definition) is 2. The number of hydrogen-bond acceptors (Lipinski definition) is 6. The van der Waals surface area contributed by atoms with Crippen molar-refractivity contribution in [2.75, 3.05) is 45.0 Å². The van der Waals surface area contributed by atoms with Gasteiger partial charge in [-0.2, -0.15) is 0 Å². The second-order valence-electron chi connectivity index (χ2n) is 6.35.